The van der Waals surface area contributed by atoms with Gasteiger partial charge >= 0.3 is 0 Å². The van der Waals surface area contributed by atoms with Crippen molar-refractivity contribution in [1.29, 1.82) is 0 Å². The molecular weight excluding hydrogens is 150 g/mol. The lowest BCUT2D eigenvalue weighted by Crippen LogP contribution is -2.02. The summed E-state index contributed by atoms with van der Waals surface area (Å²) in [6.45, 7) is 3.11. The summed E-state index contributed by atoms with van der Waals surface area (Å²) >= 11 is 0. The fourth-order valence-corrected chi connectivity index (χ4v) is 0.925. The van der Waals surface area contributed by atoms with Crippen molar-refractivity contribution in [2.75, 3.05) is 24.2 Å². The van der Waals surface area contributed by atoms with E-state index in [1.165, 1.54) is 0 Å². The van der Waals surface area contributed by atoms with E-state index in [1.54, 1.807) is 0 Å². The zero-order valence-electron chi connectivity index (χ0n) is 7.59. The zero-order valence-corrected chi connectivity index (χ0v) is 7.59. The zero-order chi connectivity index (χ0) is 8.81. The SMILES string of the molecule is CCCNc1cccc(NC)n1. The van der Waals surface area contributed by atoms with Crippen LogP contribution in [0.4, 0.5) is 11.6 Å². The van der Waals surface area contributed by atoms with Crippen molar-refractivity contribution in [2.45, 2.75) is 13.3 Å². The van der Waals surface area contributed by atoms with Gasteiger partial charge in [-0.25, -0.2) is 4.98 Å². The minimum Gasteiger partial charge on any atom is -0.373 e. The highest BCUT2D eigenvalue weighted by Gasteiger charge is 1.92. The summed E-state index contributed by atoms with van der Waals surface area (Å²) in [6, 6.07) is 5.89. The van der Waals surface area contributed by atoms with E-state index in [2.05, 4.69) is 22.5 Å². The van der Waals surface area contributed by atoms with Crippen molar-refractivity contribution in [2.24, 2.45) is 0 Å². The van der Waals surface area contributed by atoms with E-state index in [0.717, 1.165) is 24.6 Å². The van der Waals surface area contributed by atoms with E-state index in [0.29, 0.717) is 0 Å². The number of nitrogens with one attached hydrogen (secondary N) is 2. The van der Waals surface area contributed by atoms with Crippen LogP contribution in [0.25, 0.3) is 0 Å². The largest absolute Gasteiger partial charge is 0.373 e. The lowest BCUT2D eigenvalue weighted by molar-refractivity contribution is 0.969. The number of aromatic nitrogens is 1. The summed E-state index contributed by atoms with van der Waals surface area (Å²) in [6.07, 6.45) is 1.12. The van der Waals surface area contributed by atoms with E-state index >= 15 is 0 Å². The molecule has 0 amide bonds. The normalized spacial score (nSPS) is 9.50. The maximum absolute atomic E-state index is 4.31. The van der Waals surface area contributed by atoms with Gasteiger partial charge in [0.25, 0.3) is 0 Å². The first-order valence-corrected chi connectivity index (χ1v) is 4.25. The Morgan fingerprint density at radius 2 is 2.08 bits per heavy atom. The van der Waals surface area contributed by atoms with E-state index in [1.807, 2.05) is 25.2 Å². The van der Waals surface area contributed by atoms with Crippen LogP contribution in [-0.4, -0.2) is 18.6 Å². The smallest absolute Gasteiger partial charge is 0.128 e. The van der Waals surface area contributed by atoms with Crippen molar-refractivity contribution < 1.29 is 0 Å². The Morgan fingerprint density at radius 1 is 1.33 bits per heavy atom. The number of rotatable bonds is 4. The topological polar surface area (TPSA) is 37.0 Å². The molecule has 0 saturated carbocycles. The van der Waals surface area contributed by atoms with Gasteiger partial charge in [0.1, 0.15) is 11.6 Å². The third kappa shape index (κ3) is 2.42. The molecule has 0 atom stereocenters. The summed E-state index contributed by atoms with van der Waals surface area (Å²) in [5.41, 5.74) is 0. The molecule has 0 spiro atoms. The van der Waals surface area contributed by atoms with Gasteiger partial charge < -0.3 is 10.6 Å². The van der Waals surface area contributed by atoms with Crippen molar-refractivity contribution in [1.82, 2.24) is 4.98 Å². The Hall–Kier alpha value is -1.25. The summed E-state index contributed by atoms with van der Waals surface area (Å²) in [7, 11) is 1.87. The van der Waals surface area contributed by atoms with Gasteiger partial charge in [-0.3, -0.25) is 0 Å². The highest BCUT2D eigenvalue weighted by atomic mass is 15.0. The van der Waals surface area contributed by atoms with Gasteiger partial charge in [0, 0.05) is 13.6 Å². The standard InChI is InChI=1S/C9H15N3/c1-3-7-11-9-6-4-5-8(10-2)12-9/h4-6H,3,7H2,1-2H3,(H2,10,11,12). The van der Waals surface area contributed by atoms with E-state index < -0.39 is 0 Å². The predicted octanol–water partition coefficient (Wildman–Crippen LogP) is 1.95. The van der Waals surface area contributed by atoms with Gasteiger partial charge in [-0.1, -0.05) is 13.0 Å². The number of hydrogen-bond acceptors (Lipinski definition) is 3. The highest BCUT2D eigenvalue weighted by Crippen LogP contribution is 2.07. The lowest BCUT2D eigenvalue weighted by atomic mass is 10.4. The highest BCUT2D eigenvalue weighted by molar-refractivity contribution is 5.44. The van der Waals surface area contributed by atoms with E-state index in [9.17, 15) is 0 Å². The molecule has 3 nitrogen and oxygen atoms in total. The van der Waals surface area contributed by atoms with Crippen LogP contribution in [0.5, 0.6) is 0 Å². The fourth-order valence-electron chi connectivity index (χ4n) is 0.925. The van der Waals surface area contributed by atoms with Crippen molar-refractivity contribution in [3.05, 3.63) is 18.2 Å². The molecule has 66 valence electrons. The Kier molecular flexibility index (Phi) is 3.38. The number of nitrogens with zero attached hydrogens (tertiary/aromatic N) is 1. The summed E-state index contributed by atoms with van der Waals surface area (Å²) in [5.74, 6) is 1.83. The van der Waals surface area contributed by atoms with Crippen LogP contribution < -0.4 is 10.6 Å². The molecule has 0 radical (unpaired) electrons. The third-order valence-electron chi connectivity index (χ3n) is 1.56. The lowest BCUT2D eigenvalue weighted by Gasteiger charge is -2.04. The molecule has 3 heteroatoms. The molecule has 0 fully saturated rings. The number of anilines is 2. The molecule has 0 unspecified atom stereocenters. The van der Waals surface area contributed by atoms with Crippen LogP contribution in [-0.2, 0) is 0 Å². The van der Waals surface area contributed by atoms with Gasteiger partial charge in [0.15, 0.2) is 0 Å². The molecule has 0 bridgehead atoms. The maximum Gasteiger partial charge on any atom is 0.128 e. The molecule has 0 aliphatic rings. The third-order valence-corrected chi connectivity index (χ3v) is 1.56. The first kappa shape index (κ1) is 8.84. The number of pyridine rings is 1. The molecule has 1 aromatic heterocycles. The Bertz CT molecular complexity index is 235. The number of hydrogen-bond donors (Lipinski definition) is 2. The predicted molar refractivity (Wildman–Crippen MR) is 52.6 cm³/mol. The van der Waals surface area contributed by atoms with E-state index in [-0.39, 0.29) is 0 Å². The van der Waals surface area contributed by atoms with Crippen molar-refractivity contribution in [3.63, 3.8) is 0 Å². The first-order valence-electron chi connectivity index (χ1n) is 4.25. The second kappa shape index (κ2) is 4.59. The van der Waals surface area contributed by atoms with Gasteiger partial charge in [-0.15, -0.1) is 0 Å². The van der Waals surface area contributed by atoms with Crippen LogP contribution in [0.15, 0.2) is 18.2 Å². The summed E-state index contributed by atoms with van der Waals surface area (Å²) < 4.78 is 0. The summed E-state index contributed by atoms with van der Waals surface area (Å²) in [5, 5.41) is 6.21. The van der Waals surface area contributed by atoms with E-state index in [4.69, 9.17) is 0 Å². The molecule has 0 aromatic carbocycles. The quantitative estimate of drug-likeness (QED) is 0.716. The second-order valence-corrected chi connectivity index (χ2v) is 2.58. The van der Waals surface area contributed by atoms with Gasteiger partial charge in [0.05, 0.1) is 0 Å². The fraction of sp³-hybridized carbons (Fsp3) is 0.444. The van der Waals surface area contributed by atoms with Crippen LogP contribution >= 0.6 is 0 Å². The minimum absolute atomic E-state index is 0.899. The second-order valence-electron chi connectivity index (χ2n) is 2.58. The van der Waals surface area contributed by atoms with Crippen LogP contribution in [0.2, 0.25) is 0 Å². The molecule has 1 aromatic rings. The molecule has 0 saturated heterocycles. The average Bonchev–Trinajstić information content (AvgIpc) is 2.15. The van der Waals surface area contributed by atoms with Gasteiger partial charge in [-0.2, -0.15) is 0 Å². The first-order chi connectivity index (χ1) is 5.86. The minimum atomic E-state index is 0.899. The van der Waals surface area contributed by atoms with Crippen LogP contribution in [0, 0.1) is 0 Å². The van der Waals surface area contributed by atoms with Crippen LogP contribution in [0.1, 0.15) is 13.3 Å². The molecule has 1 rings (SSSR count). The molecule has 1 heterocycles. The van der Waals surface area contributed by atoms with Crippen LogP contribution in [0.3, 0.4) is 0 Å². The van der Waals surface area contributed by atoms with Gasteiger partial charge in [0.2, 0.25) is 0 Å². The summed E-state index contributed by atoms with van der Waals surface area (Å²) in [4.78, 5) is 4.31. The van der Waals surface area contributed by atoms with Gasteiger partial charge in [-0.05, 0) is 18.6 Å². The monoisotopic (exact) mass is 165 g/mol. The molecule has 0 aliphatic carbocycles. The molecule has 12 heavy (non-hydrogen) atoms. The Labute approximate surface area is 73.2 Å². The average molecular weight is 165 g/mol. The van der Waals surface area contributed by atoms with Crippen molar-refractivity contribution in [3.8, 4) is 0 Å². The molecule has 0 aliphatic heterocycles. The Balaban J connectivity index is 2.60. The molecule has 2 N–H and O–H groups in total. The Morgan fingerprint density at radius 3 is 2.75 bits per heavy atom. The molecular formula is C9H15N3. The maximum atomic E-state index is 4.31. The van der Waals surface area contributed by atoms with Crippen molar-refractivity contribution >= 4 is 11.6 Å².